The molecule has 0 aliphatic rings. The molecule has 1 aromatic carbocycles. The molecular weight excluding hydrogens is 436 g/mol. The van der Waals surface area contributed by atoms with Crippen molar-refractivity contribution in [2.45, 2.75) is 39.0 Å². The van der Waals surface area contributed by atoms with E-state index < -0.39 is 9.73 Å². The van der Waals surface area contributed by atoms with Gasteiger partial charge < -0.3 is 4.90 Å². The lowest BCUT2D eigenvalue weighted by Gasteiger charge is -2.13. The number of aryl methyl sites for hydroxylation is 1. The van der Waals surface area contributed by atoms with Crippen LogP contribution >= 0.6 is 15.9 Å². The number of hydrogen-bond acceptors (Lipinski definition) is 4. The Labute approximate surface area is 177 Å². The fourth-order valence-electron chi connectivity index (χ4n) is 2.38. The van der Waals surface area contributed by atoms with Crippen molar-refractivity contribution in [2.24, 2.45) is 15.3 Å². The van der Waals surface area contributed by atoms with Gasteiger partial charge in [-0.1, -0.05) is 32.0 Å². The van der Waals surface area contributed by atoms with Crippen molar-refractivity contribution in [2.75, 3.05) is 19.3 Å². The third kappa shape index (κ3) is 6.14. The molecule has 2 rings (SSSR count). The average molecular weight is 465 g/mol. The average Bonchev–Trinajstić information content (AvgIpc) is 2.68. The molecule has 1 heterocycles. The molecule has 152 valence electrons. The highest BCUT2D eigenvalue weighted by molar-refractivity contribution is 9.10. The first-order valence-electron chi connectivity index (χ1n) is 9.46. The minimum atomic E-state index is -2.61. The highest BCUT2D eigenvalue weighted by Crippen LogP contribution is 2.32. The lowest BCUT2D eigenvalue weighted by Crippen LogP contribution is -2.14. The molecular formula is C21H29BrN4OS. The van der Waals surface area contributed by atoms with E-state index in [-0.39, 0.29) is 0 Å². The van der Waals surface area contributed by atoms with E-state index in [0.717, 1.165) is 29.2 Å². The third-order valence-corrected chi connectivity index (χ3v) is 7.18. The van der Waals surface area contributed by atoms with Crippen molar-refractivity contribution >= 4 is 43.5 Å². The van der Waals surface area contributed by atoms with Crippen molar-refractivity contribution in [3.63, 3.8) is 0 Å². The van der Waals surface area contributed by atoms with E-state index in [1.54, 1.807) is 6.34 Å². The van der Waals surface area contributed by atoms with E-state index in [9.17, 15) is 4.21 Å². The zero-order valence-corrected chi connectivity index (χ0v) is 19.6. The maximum atomic E-state index is 13.8. The van der Waals surface area contributed by atoms with E-state index in [2.05, 4.69) is 51.0 Å². The molecule has 0 saturated heterocycles. The number of hydrogen-bond donors (Lipinski definition) is 0. The van der Waals surface area contributed by atoms with Crippen molar-refractivity contribution in [3.05, 3.63) is 46.6 Å². The van der Waals surface area contributed by atoms with Crippen LogP contribution in [0, 0.1) is 12.8 Å². The molecule has 0 amide bonds. The predicted molar refractivity (Wildman–Crippen MR) is 122 cm³/mol. The second kappa shape index (κ2) is 10.2. The molecule has 0 spiro atoms. The summed E-state index contributed by atoms with van der Waals surface area (Å²) in [6.07, 6.45) is 2.61. The van der Waals surface area contributed by atoms with E-state index >= 15 is 0 Å². The Morgan fingerprint density at radius 3 is 2.57 bits per heavy atom. The molecule has 0 aliphatic carbocycles. The molecule has 0 N–H and O–H groups in total. The SMILES string of the molecule is CCN(C)/C=N\c1cc(Br)c(N=S(=O)(CCC(C)C)c2ccccc2)nc1C. The van der Waals surface area contributed by atoms with Crippen molar-refractivity contribution < 1.29 is 4.21 Å². The van der Waals surface area contributed by atoms with Gasteiger partial charge >= 0.3 is 0 Å². The summed E-state index contributed by atoms with van der Waals surface area (Å²) in [5, 5.41) is 0. The fourth-order valence-corrected chi connectivity index (χ4v) is 5.12. The minimum Gasteiger partial charge on any atom is -0.366 e. The van der Waals surface area contributed by atoms with Crippen molar-refractivity contribution in [3.8, 4) is 0 Å². The largest absolute Gasteiger partial charge is 0.366 e. The van der Waals surface area contributed by atoms with Gasteiger partial charge in [0.1, 0.15) is 0 Å². The van der Waals surface area contributed by atoms with Crippen LogP contribution in [0.5, 0.6) is 0 Å². The zero-order valence-electron chi connectivity index (χ0n) is 17.2. The fraction of sp³-hybridized carbons (Fsp3) is 0.429. The van der Waals surface area contributed by atoms with Gasteiger partial charge in [-0.2, -0.15) is 4.36 Å². The summed E-state index contributed by atoms with van der Waals surface area (Å²) in [7, 11) is -0.645. The van der Waals surface area contributed by atoms with Crippen molar-refractivity contribution in [1.82, 2.24) is 9.88 Å². The Morgan fingerprint density at radius 2 is 1.96 bits per heavy atom. The highest BCUT2D eigenvalue weighted by Gasteiger charge is 2.16. The first-order chi connectivity index (χ1) is 13.2. The minimum absolute atomic E-state index is 0.449. The Hall–Kier alpha value is -1.73. The van der Waals surface area contributed by atoms with Crippen LogP contribution in [0.3, 0.4) is 0 Å². The molecule has 28 heavy (non-hydrogen) atoms. The number of aliphatic imine (C=N–C) groups is 1. The maximum absolute atomic E-state index is 13.8. The lowest BCUT2D eigenvalue weighted by atomic mass is 10.2. The van der Waals surface area contributed by atoms with Gasteiger partial charge in [0.2, 0.25) is 0 Å². The predicted octanol–water partition coefficient (Wildman–Crippen LogP) is 5.97. The van der Waals surface area contributed by atoms with Crippen LogP contribution in [-0.4, -0.2) is 39.8 Å². The monoisotopic (exact) mass is 464 g/mol. The van der Waals surface area contributed by atoms with Gasteiger partial charge in [0.25, 0.3) is 0 Å². The Kier molecular flexibility index (Phi) is 8.19. The Balaban J connectivity index is 2.50. The van der Waals surface area contributed by atoms with Crippen LogP contribution in [0.1, 0.15) is 32.9 Å². The molecule has 0 radical (unpaired) electrons. The van der Waals surface area contributed by atoms with E-state index in [1.807, 2.05) is 55.3 Å². The van der Waals surface area contributed by atoms with Crippen LogP contribution in [0.15, 0.2) is 55.1 Å². The molecule has 0 bridgehead atoms. The third-order valence-electron chi connectivity index (χ3n) is 4.33. The topological polar surface area (TPSA) is 57.9 Å². The number of aromatic nitrogens is 1. The molecule has 1 unspecified atom stereocenters. The molecule has 5 nitrogen and oxygen atoms in total. The summed E-state index contributed by atoms with van der Waals surface area (Å²) in [6, 6.07) is 11.4. The van der Waals surface area contributed by atoms with Crippen LogP contribution in [0.4, 0.5) is 11.5 Å². The van der Waals surface area contributed by atoms with Gasteiger partial charge in [0, 0.05) is 24.2 Å². The second-order valence-corrected chi connectivity index (χ2v) is 10.3. The number of halogens is 1. The summed E-state index contributed by atoms with van der Waals surface area (Å²) in [5.41, 5.74) is 1.51. The first-order valence-corrected chi connectivity index (χ1v) is 11.9. The standard InChI is InChI=1S/C21H29BrN4OS/c1-6-26(5)15-23-20-14-19(22)21(24-17(20)4)25-28(27,13-12-16(2)3)18-10-8-7-9-11-18/h7-11,14-16H,6,12-13H2,1-5H3/b23-15-. The molecule has 2 aromatic rings. The second-order valence-electron chi connectivity index (χ2n) is 7.15. The maximum Gasteiger partial charge on any atom is 0.176 e. The number of benzene rings is 1. The smallest absolute Gasteiger partial charge is 0.176 e. The highest BCUT2D eigenvalue weighted by atomic mass is 79.9. The molecule has 0 aliphatic heterocycles. The van der Waals surface area contributed by atoms with E-state index in [1.165, 1.54) is 0 Å². The van der Waals surface area contributed by atoms with Crippen molar-refractivity contribution in [1.29, 1.82) is 0 Å². The Bertz CT molecular complexity index is 935. The summed E-state index contributed by atoms with van der Waals surface area (Å²) in [6.45, 7) is 9.08. The first kappa shape index (κ1) is 22.6. The van der Waals surface area contributed by atoms with E-state index in [0.29, 0.717) is 22.0 Å². The molecule has 1 atom stereocenters. The molecule has 0 saturated carbocycles. The van der Waals surface area contributed by atoms with Gasteiger partial charge in [-0.25, -0.2) is 14.2 Å². The summed E-state index contributed by atoms with van der Waals surface area (Å²) < 4.78 is 19.1. The lowest BCUT2D eigenvalue weighted by molar-refractivity contribution is 0.552. The Morgan fingerprint density at radius 1 is 1.29 bits per heavy atom. The van der Waals surface area contributed by atoms with Crippen LogP contribution < -0.4 is 0 Å². The van der Waals surface area contributed by atoms with E-state index in [4.69, 9.17) is 0 Å². The van der Waals surface area contributed by atoms with Gasteiger partial charge in [-0.15, -0.1) is 0 Å². The number of rotatable bonds is 8. The van der Waals surface area contributed by atoms with Crippen LogP contribution in [0.25, 0.3) is 0 Å². The summed E-state index contributed by atoms with van der Waals surface area (Å²) in [5.74, 6) is 1.41. The normalized spacial score (nSPS) is 13.7. The van der Waals surface area contributed by atoms with Crippen LogP contribution in [-0.2, 0) is 9.73 Å². The quantitative estimate of drug-likeness (QED) is 0.357. The van der Waals surface area contributed by atoms with Gasteiger partial charge in [0.05, 0.1) is 31.9 Å². The van der Waals surface area contributed by atoms with Crippen LogP contribution in [0.2, 0.25) is 0 Å². The van der Waals surface area contributed by atoms with Gasteiger partial charge in [-0.05, 0) is 60.3 Å². The van der Waals surface area contributed by atoms with Gasteiger partial charge in [-0.3, -0.25) is 0 Å². The zero-order chi connectivity index (χ0) is 20.7. The van der Waals surface area contributed by atoms with Gasteiger partial charge in [0.15, 0.2) is 5.82 Å². The molecule has 7 heteroatoms. The summed E-state index contributed by atoms with van der Waals surface area (Å²) >= 11 is 3.54. The molecule has 1 aromatic heterocycles. The number of pyridine rings is 1. The molecule has 0 fully saturated rings. The number of nitrogens with zero attached hydrogens (tertiary/aromatic N) is 4. The summed E-state index contributed by atoms with van der Waals surface area (Å²) in [4.78, 5) is 11.8.